The predicted molar refractivity (Wildman–Crippen MR) is 106 cm³/mol. The van der Waals surface area contributed by atoms with Gasteiger partial charge in [-0.05, 0) is 12.8 Å². The molecule has 0 spiro atoms. The van der Waals surface area contributed by atoms with Gasteiger partial charge in [-0.1, -0.05) is 54.5 Å². The standard InChI is InChI=1S/C21H25N5O3/c1-14(2)17-13-18(28-23-17)21(27)26-11-9-25(10-12-26)15(3)20-22-19(24-29-20)16-7-5-4-6-8-16/h4-8,13-15H,9-12H2,1-3H3/t15-/m0/s1. The Morgan fingerprint density at radius 1 is 1.00 bits per heavy atom. The van der Waals surface area contributed by atoms with Crippen molar-refractivity contribution >= 4 is 5.91 Å². The number of aromatic nitrogens is 3. The van der Waals surface area contributed by atoms with Crippen molar-refractivity contribution in [2.75, 3.05) is 26.2 Å². The van der Waals surface area contributed by atoms with E-state index in [4.69, 9.17) is 9.05 Å². The fraction of sp³-hybridized carbons (Fsp3) is 0.429. The number of benzene rings is 1. The van der Waals surface area contributed by atoms with E-state index in [1.165, 1.54) is 0 Å². The summed E-state index contributed by atoms with van der Waals surface area (Å²) in [5, 5.41) is 8.09. The second kappa shape index (κ2) is 8.16. The molecule has 1 saturated heterocycles. The maximum absolute atomic E-state index is 12.7. The molecule has 3 aromatic rings. The van der Waals surface area contributed by atoms with Crippen LogP contribution in [0, 0.1) is 0 Å². The zero-order valence-electron chi connectivity index (χ0n) is 16.9. The summed E-state index contributed by atoms with van der Waals surface area (Å²) >= 11 is 0. The van der Waals surface area contributed by atoms with Crippen molar-refractivity contribution in [2.24, 2.45) is 0 Å². The van der Waals surface area contributed by atoms with Crippen molar-refractivity contribution in [3.8, 4) is 11.4 Å². The fourth-order valence-electron chi connectivity index (χ4n) is 3.40. The molecule has 0 bridgehead atoms. The number of nitrogens with zero attached hydrogens (tertiary/aromatic N) is 5. The highest BCUT2D eigenvalue weighted by Crippen LogP contribution is 2.24. The molecule has 0 unspecified atom stereocenters. The SMILES string of the molecule is CC(C)c1cc(C(=O)N2CCN([C@@H](C)c3nc(-c4ccccc4)no3)CC2)on1. The Hall–Kier alpha value is -3.00. The summed E-state index contributed by atoms with van der Waals surface area (Å²) in [5.74, 6) is 1.60. The van der Waals surface area contributed by atoms with E-state index in [9.17, 15) is 4.79 Å². The summed E-state index contributed by atoms with van der Waals surface area (Å²) in [4.78, 5) is 21.3. The van der Waals surface area contributed by atoms with E-state index >= 15 is 0 Å². The van der Waals surface area contributed by atoms with Gasteiger partial charge in [-0.25, -0.2) is 0 Å². The van der Waals surface area contributed by atoms with Crippen LogP contribution in [0.25, 0.3) is 11.4 Å². The van der Waals surface area contributed by atoms with E-state index in [0.717, 1.165) is 24.3 Å². The van der Waals surface area contributed by atoms with Gasteiger partial charge in [0.1, 0.15) is 0 Å². The molecule has 8 heteroatoms. The third kappa shape index (κ3) is 4.07. The number of carbonyl (C=O) groups excluding carboxylic acids is 1. The van der Waals surface area contributed by atoms with Crippen LogP contribution in [0.5, 0.6) is 0 Å². The lowest BCUT2D eigenvalue weighted by atomic mass is 10.1. The number of carbonyl (C=O) groups is 1. The second-order valence-electron chi connectivity index (χ2n) is 7.60. The van der Waals surface area contributed by atoms with E-state index in [1.807, 2.05) is 51.1 Å². The first-order chi connectivity index (χ1) is 14.0. The lowest BCUT2D eigenvalue weighted by Crippen LogP contribution is -2.49. The average molecular weight is 395 g/mol. The monoisotopic (exact) mass is 395 g/mol. The fourth-order valence-corrected chi connectivity index (χ4v) is 3.40. The molecular formula is C21H25N5O3. The molecule has 1 atom stereocenters. The van der Waals surface area contributed by atoms with Crippen LogP contribution in [0.15, 0.2) is 45.4 Å². The zero-order valence-corrected chi connectivity index (χ0v) is 16.9. The minimum Gasteiger partial charge on any atom is -0.351 e. The molecule has 29 heavy (non-hydrogen) atoms. The van der Waals surface area contributed by atoms with Crippen LogP contribution in [-0.2, 0) is 0 Å². The highest BCUT2D eigenvalue weighted by molar-refractivity contribution is 5.91. The van der Waals surface area contributed by atoms with Gasteiger partial charge in [-0.2, -0.15) is 4.98 Å². The van der Waals surface area contributed by atoms with Crippen LogP contribution in [0.4, 0.5) is 0 Å². The van der Waals surface area contributed by atoms with Gasteiger partial charge in [0.05, 0.1) is 11.7 Å². The number of piperazine rings is 1. The lowest BCUT2D eigenvalue weighted by molar-refractivity contribution is 0.0516. The van der Waals surface area contributed by atoms with Gasteiger partial charge < -0.3 is 13.9 Å². The van der Waals surface area contributed by atoms with Crippen molar-refractivity contribution in [1.29, 1.82) is 0 Å². The molecule has 8 nitrogen and oxygen atoms in total. The summed E-state index contributed by atoms with van der Waals surface area (Å²) in [6.45, 7) is 8.76. The highest BCUT2D eigenvalue weighted by atomic mass is 16.5. The summed E-state index contributed by atoms with van der Waals surface area (Å²) in [6, 6.07) is 11.5. The first kappa shape index (κ1) is 19.3. The van der Waals surface area contributed by atoms with Crippen molar-refractivity contribution in [3.05, 3.63) is 53.7 Å². The van der Waals surface area contributed by atoms with E-state index in [2.05, 4.69) is 20.2 Å². The Morgan fingerprint density at radius 3 is 2.38 bits per heavy atom. The molecule has 152 valence electrons. The van der Waals surface area contributed by atoms with Crippen molar-refractivity contribution in [1.82, 2.24) is 25.1 Å². The van der Waals surface area contributed by atoms with Crippen LogP contribution in [0.1, 0.15) is 54.9 Å². The molecule has 1 aromatic carbocycles. The van der Waals surface area contributed by atoms with Gasteiger partial charge in [0.15, 0.2) is 0 Å². The Morgan fingerprint density at radius 2 is 1.72 bits per heavy atom. The van der Waals surface area contributed by atoms with Gasteiger partial charge in [0.2, 0.25) is 17.5 Å². The zero-order chi connectivity index (χ0) is 20.4. The predicted octanol–water partition coefficient (Wildman–Crippen LogP) is 3.37. The topological polar surface area (TPSA) is 88.5 Å². The first-order valence-electron chi connectivity index (χ1n) is 9.92. The van der Waals surface area contributed by atoms with Crippen LogP contribution < -0.4 is 0 Å². The van der Waals surface area contributed by atoms with Gasteiger partial charge in [-0.15, -0.1) is 0 Å². The van der Waals surface area contributed by atoms with Crippen LogP contribution in [-0.4, -0.2) is 57.2 Å². The lowest BCUT2D eigenvalue weighted by Gasteiger charge is -2.36. The van der Waals surface area contributed by atoms with Crippen LogP contribution >= 0.6 is 0 Å². The molecule has 1 aliphatic heterocycles. The van der Waals surface area contributed by atoms with Crippen LogP contribution in [0.2, 0.25) is 0 Å². The maximum Gasteiger partial charge on any atom is 0.292 e. The number of hydrogen-bond acceptors (Lipinski definition) is 7. The van der Waals surface area contributed by atoms with Gasteiger partial charge in [-0.3, -0.25) is 9.69 Å². The van der Waals surface area contributed by atoms with E-state index < -0.39 is 0 Å². The molecule has 0 aliphatic carbocycles. The van der Waals surface area contributed by atoms with Crippen molar-refractivity contribution < 1.29 is 13.8 Å². The molecule has 3 heterocycles. The van der Waals surface area contributed by atoms with Gasteiger partial charge >= 0.3 is 0 Å². The molecule has 4 rings (SSSR count). The molecule has 1 fully saturated rings. The van der Waals surface area contributed by atoms with E-state index in [1.54, 1.807) is 11.0 Å². The minimum absolute atomic E-state index is 0.0185. The molecular weight excluding hydrogens is 370 g/mol. The average Bonchev–Trinajstić information content (AvgIpc) is 3.44. The molecule has 1 aliphatic rings. The Bertz CT molecular complexity index is 958. The Balaban J connectivity index is 1.36. The highest BCUT2D eigenvalue weighted by Gasteiger charge is 2.29. The molecule has 0 radical (unpaired) electrons. The second-order valence-corrected chi connectivity index (χ2v) is 7.60. The quantitative estimate of drug-likeness (QED) is 0.654. The third-order valence-electron chi connectivity index (χ3n) is 5.31. The van der Waals surface area contributed by atoms with Crippen molar-refractivity contribution in [3.63, 3.8) is 0 Å². The maximum atomic E-state index is 12.7. The first-order valence-corrected chi connectivity index (χ1v) is 9.92. The molecule has 1 amide bonds. The summed E-state index contributed by atoms with van der Waals surface area (Å²) in [6.07, 6.45) is 0. The van der Waals surface area contributed by atoms with Crippen molar-refractivity contribution in [2.45, 2.75) is 32.7 Å². The molecule has 0 N–H and O–H groups in total. The normalized spacial score (nSPS) is 16.3. The minimum atomic E-state index is -0.110. The van der Waals surface area contributed by atoms with Crippen LogP contribution in [0.3, 0.4) is 0 Å². The van der Waals surface area contributed by atoms with Gasteiger partial charge in [0.25, 0.3) is 5.91 Å². The Labute approximate surface area is 169 Å². The molecule has 0 saturated carbocycles. The molecule has 2 aromatic heterocycles. The Kier molecular flexibility index (Phi) is 5.44. The van der Waals surface area contributed by atoms with E-state index in [-0.39, 0.29) is 17.9 Å². The van der Waals surface area contributed by atoms with E-state index in [0.29, 0.717) is 30.6 Å². The largest absolute Gasteiger partial charge is 0.351 e. The van der Waals surface area contributed by atoms with Gasteiger partial charge in [0, 0.05) is 37.8 Å². The number of hydrogen-bond donors (Lipinski definition) is 0. The smallest absolute Gasteiger partial charge is 0.292 e. The number of rotatable bonds is 5. The third-order valence-corrected chi connectivity index (χ3v) is 5.31. The summed E-state index contributed by atoms with van der Waals surface area (Å²) < 4.78 is 10.7. The number of amides is 1. The summed E-state index contributed by atoms with van der Waals surface area (Å²) in [7, 11) is 0. The summed E-state index contributed by atoms with van der Waals surface area (Å²) in [5.41, 5.74) is 1.73.